The summed E-state index contributed by atoms with van der Waals surface area (Å²) >= 11 is 0. The Morgan fingerprint density at radius 1 is 1.09 bits per heavy atom. The molecule has 1 fully saturated rings. The summed E-state index contributed by atoms with van der Waals surface area (Å²) in [5.74, 6) is 0.309. The van der Waals surface area contributed by atoms with Gasteiger partial charge in [-0.15, -0.1) is 0 Å². The lowest BCUT2D eigenvalue weighted by Gasteiger charge is -2.25. The van der Waals surface area contributed by atoms with E-state index in [1.807, 2.05) is 19.1 Å². The second-order valence-electron chi connectivity index (χ2n) is 8.30. The van der Waals surface area contributed by atoms with Crippen LogP contribution in [0.15, 0.2) is 54.6 Å². The molecule has 3 heterocycles. The molecule has 0 spiro atoms. The molecule has 0 radical (unpaired) electrons. The Morgan fingerprint density at radius 3 is 2.58 bits per heavy atom. The maximum atomic E-state index is 14.1. The van der Waals surface area contributed by atoms with Gasteiger partial charge in [-0.2, -0.15) is 5.10 Å². The molecule has 5 nitrogen and oxygen atoms in total. The number of nitrogens with zero attached hydrogens (tertiary/aromatic N) is 4. The highest BCUT2D eigenvalue weighted by atomic mass is 19.3. The summed E-state index contributed by atoms with van der Waals surface area (Å²) in [7, 11) is 0. The number of hydrogen-bond donors (Lipinski definition) is 1. The number of anilines is 1. The standard InChI is InChI=1S/C25H23F3N4O/c1-15-23(16-7-9-17(10-8-16)24(27)28)25-29-22(31-11-3-6-20(31)14-33)13-21(32(25)30-15)18-4-2-5-19(26)12-18/h2,4-5,7-10,12-13,20,24,33H,3,6,11,14H2,1H3. The first kappa shape index (κ1) is 21.5. The number of benzene rings is 2. The third kappa shape index (κ3) is 3.84. The van der Waals surface area contributed by atoms with Crippen molar-refractivity contribution in [3.63, 3.8) is 0 Å². The van der Waals surface area contributed by atoms with Gasteiger partial charge < -0.3 is 10.0 Å². The first-order chi connectivity index (χ1) is 16.0. The Hall–Kier alpha value is -3.39. The van der Waals surface area contributed by atoms with Gasteiger partial charge in [0, 0.05) is 29.3 Å². The second-order valence-corrected chi connectivity index (χ2v) is 8.30. The summed E-state index contributed by atoms with van der Waals surface area (Å²) in [6.07, 6.45) is -0.745. The first-order valence-electron chi connectivity index (χ1n) is 10.9. The van der Waals surface area contributed by atoms with E-state index in [2.05, 4.69) is 10.00 Å². The van der Waals surface area contributed by atoms with Crippen LogP contribution in [0.1, 0.15) is 30.5 Å². The molecule has 4 aromatic rings. The topological polar surface area (TPSA) is 53.7 Å². The predicted molar refractivity (Wildman–Crippen MR) is 121 cm³/mol. The number of alkyl halides is 2. The molecule has 170 valence electrons. The third-order valence-corrected chi connectivity index (χ3v) is 6.20. The van der Waals surface area contributed by atoms with Crippen LogP contribution in [0.3, 0.4) is 0 Å². The molecule has 0 saturated carbocycles. The van der Waals surface area contributed by atoms with Gasteiger partial charge in [-0.1, -0.05) is 36.4 Å². The number of rotatable bonds is 5. The molecule has 1 unspecified atom stereocenters. The predicted octanol–water partition coefficient (Wildman–Crippen LogP) is 5.41. The Kier molecular flexibility index (Phi) is 5.54. The average Bonchev–Trinajstić information content (AvgIpc) is 3.42. The van der Waals surface area contributed by atoms with Crippen molar-refractivity contribution in [2.24, 2.45) is 0 Å². The van der Waals surface area contributed by atoms with E-state index in [0.717, 1.165) is 30.5 Å². The van der Waals surface area contributed by atoms with Crippen molar-refractivity contribution in [3.05, 3.63) is 71.7 Å². The largest absolute Gasteiger partial charge is 0.394 e. The van der Waals surface area contributed by atoms with Crippen molar-refractivity contribution in [2.75, 3.05) is 18.1 Å². The van der Waals surface area contributed by atoms with Gasteiger partial charge in [0.1, 0.15) is 11.6 Å². The minimum Gasteiger partial charge on any atom is -0.394 e. The van der Waals surface area contributed by atoms with E-state index < -0.39 is 6.43 Å². The Labute approximate surface area is 189 Å². The van der Waals surface area contributed by atoms with E-state index in [1.165, 1.54) is 24.3 Å². The zero-order valence-electron chi connectivity index (χ0n) is 18.0. The molecule has 0 bridgehead atoms. The maximum Gasteiger partial charge on any atom is 0.263 e. The molecule has 8 heteroatoms. The molecule has 2 aromatic heterocycles. The van der Waals surface area contributed by atoms with Crippen LogP contribution in [-0.4, -0.2) is 38.9 Å². The van der Waals surface area contributed by atoms with E-state index in [1.54, 1.807) is 22.7 Å². The van der Waals surface area contributed by atoms with E-state index in [0.29, 0.717) is 28.4 Å². The molecule has 1 saturated heterocycles. The molecule has 5 rings (SSSR count). The lowest BCUT2D eigenvalue weighted by atomic mass is 10.0. The molecular weight excluding hydrogens is 429 g/mol. The number of aliphatic hydroxyl groups is 1. The van der Waals surface area contributed by atoms with Crippen molar-refractivity contribution >= 4 is 11.5 Å². The summed E-state index contributed by atoms with van der Waals surface area (Å²) in [5.41, 5.74) is 3.95. The maximum absolute atomic E-state index is 14.1. The zero-order chi connectivity index (χ0) is 23.1. The van der Waals surface area contributed by atoms with Crippen LogP contribution in [0.25, 0.3) is 28.0 Å². The monoisotopic (exact) mass is 452 g/mol. The van der Waals surface area contributed by atoms with Crippen LogP contribution in [-0.2, 0) is 0 Å². The summed E-state index contributed by atoms with van der Waals surface area (Å²) in [6.45, 7) is 2.61. The molecule has 1 aliphatic rings. The Bertz CT molecular complexity index is 1300. The molecule has 1 aliphatic heterocycles. The quantitative estimate of drug-likeness (QED) is 0.440. The van der Waals surface area contributed by atoms with Gasteiger partial charge in [0.05, 0.1) is 24.0 Å². The molecule has 0 amide bonds. The first-order valence-corrected chi connectivity index (χ1v) is 10.9. The molecule has 1 N–H and O–H groups in total. The number of hydrogen-bond acceptors (Lipinski definition) is 4. The van der Waals surface area contributed by atoms with Crippen LogP contribution in [0.4, 0.5) is 19.0 Å². The lowest BCUT2D eigenvalue weighted by molar-refractivity contribution is 0.151. The number of fused-ring (bicyclic) bond motifs is 1. The zero-order valence-corrected chi connectivity index (χ0v) is 18.0. The highest BCUT2D eigenvalue weighted by Crippen LogP contribution is 2.35. The summed E-state index contributed by atoms with van der Waals surface area (Å²) in [4.78, 5) is 6.96. The molecule has 1 atom stereocenters. The number of aryl methyl sites for hydroxylation is 1. The number of aromatic nitrogens is 3. The highest BCUT2D eigenvalue weighted by molar-refractivity contribution is 5.83. The van der Waals surface area contributed by atoms with Crippen LogP contribution in [0.5, 0.6) is 0 Å². The Morgan fingerprint density at radius 2 is 1.88 bits per heavy atom. The van der Waals surface area contributed by atoms with E-state index in [-0.39, 0.29) is 24.0 Å². The van der Waals surface area contributed by atoms with Crippen molar-refractivity contribution in [1.29, 1.82) is 0 Å². The minimum atomic E-state index is -2.54. The summed E-state index contributed by atoms with van der Waals surface area (Å²) < 4.78 is 41.9. The van der Waals surface area contributed by atoms with Gasteiger partial charge in [-0.3, -0.25) is 0 Å². The van der Waals surface area contributed by atoms with Gasteiger partial charge in [0.25, 0.3) is 6.43 Å². The molecule has 33 heavy (non-hydrogen) atoms. The van der Waals surface area contributed by atoms with Gasteiger partial charge in [0.2, 0.25) is 0 Å². The smallest absolute Gasteiger partial charge is 0.263 e. The third-order valence-electron chi connectivity index (χ3n) is 6.20. The van der Waals surface area contributed by atoms with Crippen molar-refractivity contribution in [3.8, 4) is 22.4 Å². The SMILES string of the molecule is Cc1nn2c(-c3cccc(F)c3)cc(N3CCCC3CO)nc2c1-c1ccc(C(F)F)cc1. The normalized spacial score (nSPS) is 16.3. The van der Waals surface area contributed by atoms with Crippen LogP contribution < -0.4 is 4.90 Å². The molecule has 0 aliphatic carbocycles. The van der Waals surface area contributed by atoms with Crippen molar-refractivity contribution < 1.29 is 18.3 Å². The van der Waals surface area contributed by atoms with Crippen molar-refractivity contribution in [2.45, 2.75) is 32.2 Å². The number of aliphatic hydroxyl groups excluding tert-OH is 1. The van der Waals surface area contributed by atoms with E-state index in [4.69, 9.17) is 4.98 Å². The van der Waals surface area contributed by atoms with Crippen molar-refractivity contribution in [1.82, 2.24) is 14.6 Å². The van der Waals surface area contributed by atoms with Gasteiger partial charge in [0.15, 0.2) is 5.65 Å². The van der Waals surface area contributed by atoms with Gasteiger partial charge >= 0.3 is 0 Å². The van der Waals surface area contributed by atoms with Crippen LogP contribution in [0, 0.1) is 12.7 Å². The minimum absolute atomic E-state index is 0.0163. The van der Waals surface area contributed by atoms with Gasteiger partial charge in [-0.25, -0.2) is 22.7 Å². The highest BCUT2D eigenvalue weighted by Gasteiger charge is 2.27. The summed E-state index contributed by atoms with van der Waals surface area (Å²) in [5, 5.41) is 14.5. The van der Waals surface area contributed by atoms with Crippen LogP contribution >= 0.6 is 0 Å². The van der Waals surface area contributed by atoms with Gasteiger partial charge in [-0.05, 0) is 37.5 Å². The second kappa shape index (κ2) is 8.51. The fourth-order valence-corrected chi connectivity index (χ4v) is 4.57. The molecular formula is C25H23F3N4O. The van der Waals surface area contributed by atoms with E-state index >= 15 is 0 Å². The summed E-state index contributed by atoms with van der Waals surface area (Å²) in [6, 6.07) is 14.2. The average molecular weight is 452 g/mol. The lowest BCUT2D eigenvalue weighted by Crippen LogP contribution is -2.32. The fourth-order valence-electron chi connectivity index (χ4n) is 4.57. The number of halogens is 3. The van der Waals surface area contributed by atoms with Crippen LogP contribution in [0.2, 0.25) is 0 Å². The molecule has 2 aromatic carbocycles. The fraction of sp³-hybridized carbons (Fsp3) is 0.280. The van der Waals surface area contributed by atoms with E-state index in [9.17, 15) is 18.3 Å². The Balaban J connectivity index is 1.75.